The van der Waals surface area contributed by atoms with Gasteiger partial charge in [-0.15, -0.1) is 16.9 Å². The average molecular weight is 845 g/mol. The molecule has 4 aliphatic rings. The number of hydrogen-bond acceptors (Lipinski definition) is 2. The molecule has 0 spiro atoms. The predicted octanol–water partition coefficient (Wildman–Crippen LogP) is 13.7. The second kappa shape index (κ2) is 22.9. The van der Waals surface area contributed by atoms with E-state index in [1.165, 1.54) is 140 Å². The van der Waals surface area contributed by atoms with Crippen LogP contribution in [0, 0.1) is 0 Å². The van der Waals surface area contributed by atoms with Crippen LogP contribution in [-0.2, 0) is 17.1 Å². The molecule has 0 amide bonds. The van der Waals surface area contributed by atoms with E-state index >= 15 is 0 Å². The van der Waals surface area contributed by atoms with Crippen LogP contribution in [0.25, 0.3) is 0 Å². The Morgan fingerprint density at radius 2 is 0.930 bits per heavy atom. The zero-order chi connectivity index (χ0) is 38.7. The topological polar surface area (TPSA) is 6.48 Å². The van der Waals surface area contributed by atoms with Crippen LogP contribution < -0.4 is 10.6 Å². The summed E-state index contributed by atoms with van der Waals surface area (Å²) in [6, 6.07) is 37.7. The van der Waals surface area contributed by atoms with E-state index in [2.05, 4.69) is 135 Å². The molecular formula is C52H74FeN2P2-6. The second-order valence-electron chi connectivity index (χ2n) is 18.3. The monoisotopic (exact) mass is 844 g/mol. The maximum atomic E-state index is 2.52. The summed E-state index contributed by atoms with van der Waals surface area (Å²) in [5.74, 6) is 0. The first kappa shape index (κ1) is 45.0. The van der Waals surface area contributed by atoms with E-state index in [1.54, 1.807) is 21.7 Å². The van der Waals surface area contributed by atoms with Crippen molar-refractivity contribution in [1.29, 1.82) is 0 Å². The van der Waals surface area contributed by atoms with Crippen LogP contribution in [0.15, 0.2) is 97.1 Å². The molecule has 0 aliphatic heterocycles. The van der Waals surface area contributed by atoms with Crippen LogP contribution in [0.2, 0.25) is 0 Å². The van der Waals surface area contributed by atoms with Crippen LogP contribution in [0.4, 0.5) is 0 Å². The van der Waals surface area contributed by atoms with E-state index in [0.29, 0.717) is 12.1 Å². The molecular weight excluding hydrogens is 770 g/mol. The van der Waals surface area contributed by atoms with Crippen molar-refractivity contribution in [2.75, 3.05) is 28.2 Å². The van der Waals surface area contributed by atoms with Crippen LogP contribution >= 0.6 is 15.8 Å². The molecule has 0 N–H and O–H groups in total. The molecule has 0 saturated heterocycles. The molecule has 4 aromatic rings. The molecule has 0 radical (unpaired) electrons. The third kappa shape index (κ3) is 11.4. The Balaban J connectivity index is 0.000000189. The van der Waals surface area contributed by atoms with Gasteiger partial charge in [0.2, 0.25) is 0 Å². The quantitative estimate of drug-likeness (QED) is 0.0796. The van der Waals surface area contributed by atoms with Gasteiger partial charge in [-0.25, -0.2) is 12.1 Å². The summed E-state index contributed by atoms with van der Waals surface area (Å²) in [6.07, 6.45) is 29.3. The first-order valence-electron chi connectivity index (χ1n) is 23.0. The molecule has 0 aromatic heterocycles. The van der Waals surface area contributed by atoms with Crippen LogP contribution in [-0.4, -0.2) is 60.6 Å². The van der Waals surface area contributed by atoms with Crippen molar-refractivity contribution in [3.05, 3.63) is 119 Å². The van der Waals surface area contributed by atoms with Gasteiger partial charge in [-0.3, -0.25) is 7.92 Å². The first-order valence-corrected chi connectivity index (χ1v) is 26.0. The summed E-state index contributed by atoms with van der Waals surface area (Å²) in [4.78, 5) is 4.84. The minimum Gasteiger partial charge on any atom is -0.747 e. The molecule has 0 bridgehead atoms. The van der Waals surface area contributed by atoms with Gasteiger partial charge in [0.1, 0.15) is 0 Å². The molecule has 0 heterocycles. The Kier molecular flexibility index (Phi) is 18.1. The average Bonchev–Trinajstić information content (AvgIpc) is 3.91. The van der Waals surface area contributed by atoms with E-state index in [9.17, 15) is 0 Å². The Morgan fingerprint density at radius 3 is 1.37 bits per heavy atom. The van der Waals surface area contributed by atoms with Gasteiger partial charge in [0, 0.05) is 23.1 Å². The van der Waals surface area contributed by atoms with Gasteiger partial charge in [-0.2, -0.15) is 6.07 Å². The summed E-state index contributed by atoms with van der Waals surface area (Å²) in [5.41, 5.74) is 9.91. The van der Waals surface area contributed by atoms with E-state index in [-0.39, 0.29) is 32.9 Å². The van der Waals surface area contributed by atoms with Gasteiger partial charge in [-0.1, -0.05) is 163 Å². The number of hydrogen-bond donors (Lipinski definition) is 0. The van der Waals surface area contributed by atoms with Crippen molar-refractivity contribution in [3.63, 3.8) is 0 Å². The molecule has 5 heteroatoms. The molecule has 4 aromatic carbocycles. The standard InChI is InChI=1S/2C26H37NP.Fe/c2*1-27(2)26(21-13-6-3-7-14-21)24-19-12-20-25(24)28(22-15-8-4-9-16-22)23-17-10-5-11-18-23;/h2*3,6-7,12-14,19-20,22-23,26H,4-5,8-11,15-18H2,1-2H3;/q-5;-1;. The van der Waals surface area contributed by atoms with Crippen LogP contribution in [0.3, 0.4) is 0 Å². The minimum atomic E-state index is -0.0501. The molecule has 316 valence electrons. The summed E-state index contributed by atoms with van der Waals surface area (Å²) in [7, 11) is 8.89. The maximum absolute atomic E-state index is 2.52. The van der Waals surface area contributed by atoms with Crippen molar-refractivity contribution in [2.24, 2.45) is 0 Å². The summed E-state index contributed by atoms with van der Waals surface area (Å²) < 4.78 is 0. The smallest absolute Gasteiger partial charge is 0.0150 e. The van der Waals surface area contributed by atoms with Crippen molar-refractivity contribution in [3.8, 4) is 0 Å². The second-order valence-corrected chi connectivity index (χ2v) is 23.8. The Morgan fingerprint density at radius 1 is 0.509 bits per heavy atom. The van der Waals surface area contributed by atoms with Crippen molar-refractivity contribution in [1.82, 2.24) is 9.80 Å². The van der Waals surface area contributed by atoms with Gasteiger partial charge in [-0.05, 0) is 96.4 Å². The zero-order valence-electron chi connectivity index (χ0n) is 36.0. The normalized spacial score (nSPS) is 20.4. The van der Waals surface area contributed by atoms with E-state index in [1.807, 2.05) is 0 Å². The molecule has 2 unspecified atom stereocenters. The molecule has 8 rings (SSSR count). The zero-order valence-corrected chi connectivity index (χ0v) is 38.9. The van der Waals surface area contributed by atoms with E-state index in [4.69, 9.17) is 0 Å². The Labute approximate surface area is 362 Å². The van der Waals surface area contributed by atoms with E-state index in [0.717, 1.165) is 22.6 Å². The first-order chi connectivity index (χ1) is 27.5. The molecule has 57 heavy (non-hydrogen) atoms. The van der Waals surface area contributed by atoms with Crippen molar-refractivity contribution >= 4 is 26.5 Å². The number of benzene rings is 2. The Hall–Kier alpha value is -1.56. The van der Waals surface area contributed by atoms with Gasteiger partial charge < -0.3 is 38.9 Å². The van der Waals surface area contributed by atoms with Crippen molar-refractivity contribution < 1.29 is 17.1 Å². The van der Waals surface area contributed by atoms with Crippen molar-refractivity contribution in [2.45, 2.75) is 163 Å². The fraction of sp³-hybridized carbons (Fsp3) is 0.577. The molecule has 4 aliphatic carbocycles. The summed E-state index contributed by atoms with van der Waals surface area (Å²) >= 11 is 0. The maximum Gasteiger partial charge on any atom is 0.0150 e. The largest absolute Gasteiger partial charge is 0.747 e. The molecule has 2 nitrogen and oxygen atoms in total. The van der Waals surface area contributed by atoms with Crippen LogP contribution in [0.1, 0.15) is 163 Å². The van der Waals surface area contributed by atoms with E-state index < -0.39 is 0 Å². The van der Waals surface area contributed by atoms with Gasteiger partial charge in [0.05, 0.1) is 0 Å². The number of nitrogens with zero attached hydrogens (tertiary/aromatic N) is 2. The SMILES string of the molecule is CN(C)C(c1ccccc1)[c-]1[cH-][cH-][cH-][c-]1P(C1CCCCC1)C1CCCCC1.CN(C)C(c1ccccc1)[c-]1cccc1P(C1CCCCC1)C1CCCCC1.[Fe]. The summed E-state index contributed by atoms with van der Waals surface area (Å²) in [6.45, 7) is 0. The minimum absolute atomic E-state index is 0. The van der Waals surface area contributed by atoms with Crippen LogP contribution in [0.5, 0.6) is 0 Å². The molecule has 2 atom stereocenters. The van der Waals surface area contributed by atoms with Gasteiger partial charge >= 0.3 is 0 Å². The van der Waals surface area contributed by atoms with Gasteiger partial charge in [0.15, 0.2) is 0 Å². The third-order valence-corrected chi connectivity index (χ3v) is 21.1. The fourth-order valence-electron chi connectivity index (χ4n) is 11.4. The number of rotatable bonds is 12. The molecule has 4 fully saturated rings. The van der Waals surface area contributed by atoms with Gasteiger partial charge in [0.25, 0.3) is 0 Å². The summed E-state index contributed by atoms with van der Waals surface area (Å²) in [5, 5.41) is 3.49. The third-order valence-electron chi connectivity index (χ3n) is 13.9. The Bertz CT molecular complexity index is 1510. The predicted molar refractivity (Wildman–Crippen MR) is 249 cm³/mol. The molecule has 4 saturated carbocycles. The fourth-order valence-corrected chi connectivity index (χ4v) is 19.3.